The van der Waals surface area contributed by atoms with Gasteiger partial charge in [-0.05, 0) is 56.0 Å². The maximum Gasteiger partial charge on any atom is 0.268 e. The first-order valence-corrected chi connectivity index (χ1v) is 10.8. The van der Waals surface area contributed by atoms with Gasteiger partial charge in [0.1, 0.15) is 5.69 Å². The van der Waals surface area contributed by atoms with Crippen LogP contribution in [0.15, 0.2) is 48.5 Å². The minimum Gasteiger partial charge on any atom is -0.348 e. The Balaban J connectivity index is 1.43. The van der Waals surface area contributed by atoms with Crippen LogP contribution in [0, 0.1) is 6.92 Å². The molecule has 29 heavy (non-hydrogen) atoms. The van der Waals surface area contributed by atoms with Gasteiger partial charge in [-0.1, -0.05) is 41.9 Å². The molecule has 1 saturated heterocycles. The minimum absolute atomic E-state index is 0.0261. The van der Waals surface area contributed by atoms with Gasteiger partial charge in [0.05, 0.1) is 0 Å². The van der Waals surface area contributed by atoms with E-state index in [2.05, 4.69) is 52.0 Å². The van der Waals surface area contributed by atoms with Crippen molar-refractivity contribution in [2.75, 3.05) is 13.1 Å². The molecule has 0 radical (unpaired) electrons. The maximum absolute atomic E-state index is 13.2. The van der Waals surface area contributed by atoms with Crippen LogP contribution < -0.4 is 5.32 Å². The predicted molar refractivity (Wildman–Crippen MR) is 120 cm³/mol. The van der Waals surface area contributed by atoms with Crippen molar-refractivity contribution in [3.05, 3.63) is 70.4 Å². The number of hydrogen-bond acceptors (Lipinski definition) is 2. The highest BCUT2D eigenvalue weighted by atomic mass is 35.5. The van der Waals surface area contributed by atoms with E-state index in [1.54, 1.807) is 0 Å². The van der Waals surface area contributed by atoms with Crippen molar-refractivity contribution in [1.82, 2.24) is 14.8 Å². The predicted octanol–water partition coefficient (Wildman–Crippen LogP) is 5.02. The zero-order valence-electron chi connectivity index (χ0n) is 17.1. The zero-order chi connectivity index (χ0) is 20.4. The second-order valence-electron chi connectivity index (χ2n) is 7.89. The summed E-state index contributed by atoms with van der Waals surface area (Å²) in [5, 5.41) is 5.05. The van der Waals surface area contributed by atoms with Crippen LogP contribution in [-0.2, 0) is 13.1 Å². The van der Waals surface area contributed by atoms with E-state index in [1.807, 2.05) is 25.1 Å². The normalized spacial score (nSPS) is 15.7. The first kappa shape index (κ1) is 20.0. The van der Waals surface area contributed by atoms with Gasteiger partial charge in [-0.15, -0.1) is 0 Å². The minimum atomic E-state index is 0.0261. The highest BCUT2D eigenvalue weighted by molar-refractivity contribution is 6.31. The lowest BCUT2D eigenvalue weighted by Gasteiger charge is -2.32. The summed E-state index contributed by atoms with van der Waals surface area (Å²) >= 11 is 6.19. The molecule has 0 aliphatic carbocycles. The summed E-state index contributed by atoms with van der Waals surface area (Å²) in [7, 11) is 0. The van der Waals surface area contributed by atoms with E-state index in [0.29, 0.717) is 5.02 Å². The Kier molecular flexibility index (Phi) is 5.93. The topological polar surface area (TPSA) is 37.3 Å². The Labute approximate surface area is 177 Å². The van der Waals surface area contributed by atoms with Crippen molar-refractivity contribution in [2.45, 2.75) is 45.8 Å². The standard InChI is InChI=1S/C24H28ClN3O/c1-3-28-22-10-9-19(25)15-21(22)17(2)23(28)24(29)26-20-11-13-27(14-12-20)16-18-7-5-4-6-8-18/h4-10,15,20H,3,11-14,16H2,1-2H3,(H,26,29). The second kappa shape index (κ2) is 8.60. The van der Waals surface area contributed by atoms with Gasteiger partial charge in [-0.2, -0.15) is 0 Å². The molecule has 1 N–H and O–H groups in total. The molecule has 1 fully saturated rings. The molecular formula is C24H28ClN3O. The number of carbonyl (C=O) groups is 1. The van der Waals surface area contributed by atoms with E-state index in [1.165, 1.54) is 5.56 Å². The summed E-state index contributed by atoms with van der Waals surface area (Å²) < 4.78 is 2.10. The van der Waals surface area contributed by atoms with E-state index >= 15 is 0 Å². The third-order valence-corrected chi connectivity index (χ3v) is 6.22. The van der Waals surface area contributed by atoms with Crippen molar-refractivity contribution in [3.8, 4) is 0 Å². The molecule has 1 aliphatic rings. The first-order valence-electron chi connectivity index (χ1n) is 10.4. The lowest BCUT2D eigenvalue weighted by atomic mass is 10.0. The fourth-order valence-corrected chi connectivity index (χ4v) is 4.62. The third-order valence-electron chi connectivity index (χ3n) is 5.98. The highest BCUT2D eigenvalue weighted by Crippen LogP contribution is 2.28. The van der Waals surface area contributed by atoms with Crippen LogP contribution in [0.2, 0.25) is 5.02 Å². The number of nitrogens with zero attached hydrogens (tertiary/aromatic N) is 2. The van der Waals surface area contributed by atoms with Crippen LogP contribution in [0.3, 0.4) is 0 Å². The quantitative estimate of drug-likeness (QED) is 0.642. The van der Waals surface area contributed by atoms with Gasteiger partial charge in [0.2, 0.25) is 0 Å². The van der Waals surface area contributed by atoms with Crippen molar-refractivity contribution >= 4 is 28.4 Å². The third kappa shape index (κ3) is 4.19. The van der Waals surface area contributed by atoms with Crippen molar-refractivity contribution in [3.63, 3.8) is 0 Å². The van der Waals surface area contributed by atoms with E-state index in [4.69, 9.17) is 11.6 Å². The van der Waals surface area contributed by atoms with E-state index in [0.717, 1.165) is 61.2 Å². The number of rotatable bonds is 5. The Hall–Kier alpha value is -2.30. The number of nitrogens with one attached hydrogen (secondary N) is 1. The van der Waals surface area contributed by atoms with Gasteiger partial charge in [-0.25, -0.2) is 0 Å². The van der Waals surface area contributed by atoms with Gasteiger partial charge < -0.3 is 9.88 Å². The highest BCUT2D eigenvalue weighted by Gasteiger charge is 2.25. The molecule has 1 aliphatic heterocycles. The van der Waals surface area contributed by atoms with Crippen molar-refractivity contribution in [2.24, 2.45) is 0 Å². The number of benzene rings is 2. The molecule has 1 aromatic heterocycles. The average molecular weight is 410 g/mol. The Morgan fingerprint density at radius 1 is 1.14 bits per heavy atom. The van der Waals surface area contributed by atoms with E-state index < -0.39 is 0 Å². The van der Waals surface area contributed by atoms with Crippen LogP contribution in [-0.4, -0.2) is 34.5 Å². The van der Waals surface area contributed by atoms with Crippen LogP contribution in [0.5, 0.6) is 0 Å². The smallest absolute Gasteiger partial charge is 0.268 e. The second-order valence-corrected chi connectivity index (χ2v) is 8.33. The molecule has 0 spiro atoms. The van der Waals surface area contributed by atoms with E-state index in [-0.39, 0.29) is 11.9 Å². The number of aromatic nitrogens is 1. The van der Waals surface area contributed by atoms with Crippen LogP contribution in [0.25, 0.3) is 10.9 Å². The molecule has 4 rings (SSSR count). The first-order chi connectivity index (χ1) is 14.1. The van der Waals surface area contributed by atoms with E-state index in [9.17, 15) is 4.79 Å². The molecule has 0 atom stereocenters. The molecule has 2 aromatic carbocycles. The van der Waals surface area contributed by atoms with Crippen LogP contribution in [0.1, 0.15) is 41.4 Å². The number of fused-ring (bicyclic) bond motifs is 1. The SMILES string of the molecule is CCn1c(C(=O)NC2CCN(Cc3ccccc3)CC2)c(C)c2cc(Cl)ccc21. The summed E-state index contributed by atoms with van der Waals surface area (Å²) in [4.78, 5) is 15.6. The number of piperidine rings is 1. The summed E-state index contributed by atoms with van der Waals surface area (Å²) in [6.45, 7) is 7.83. The number of carbonyl (C=O) groups excluding carboxylic acids is 1. The number of aryl methyl sites for hydroxylation is 2. The molecule has 1 amide bonds. The molecule has 4 nitrogen and oxygen atoms in total. The van der Waals surface area contributed by atoms with Gasteiger partial charge in [-0.3, -0.25) is 9.69 Å². The van der Waals surface area contributed by atoms with Crippen molar-refractivity contribution in [1.29, 1.82) is 0 Å². The molecule has 0 unspecified atom stereocenters. The monoisotopic (exact) mass is 409 g/mol. The Morgan fingerprint density at radius 2 is 1.86 bits per heavy atom. The fourth-order valence-electron chi connectivity index (χ4n) is 4.45. The summed E-state index contributed by atoms with van der Waals surface area (Å²) in [6, 6.07) is 16.6. The van der Waals surface area contributed by atoms with Gasteiger partial charge in [0.25, 0.3) is 5.91 Å². The average Bonchev–Trinajstić information content (AvgIpc) is 3.01. The number of amides is 1. The summed E-state index contributed by atoms with van der Waals surface area (Å²) in [6.07, 6.45) is 1.96. The number of hydrogen-bond donors (Lipinski definition) is 1. The molecule has 152 valence electrons. The fraction of sp³-hybridized carbons (Fsp3) is 0.375. The lowest BCUT2D eigenvalue weighted by Crippen LogP contribution is -2.44. The lowest BCUT2D eigenvalue weighted by molar-refractivity contribution is 0.0899. The molecule has 2 heterocycles. The van der Waals surface area contributed by atoms with Crippen molar-refractivity contribution < 1.29 is 4.79 Å². The Morgan fingerprint density at radius 3 is 2.55 bits per heavy atom. The molecular weight excluding hydrogens is 382 g/mol. The number of likely N-dealkylation sites (tertiary alicyclic amines) is 1. The molecule has 0 bridgehead atoms. The summed E-state index contributed by atoms with van der Waals surface area (Å²) in [5.41, 5.74) is 4.17. The zero-order valence-corrected chi connectivity index (χ0v) is 17.9. The number of halogens is 1. The van der Waals surface area contributed by atoms with Crippen LogP contribution >= 0.6 is 11.6 Å². The molecule has 0 saturated carbocycles. The van der Waals surface area contributed by atoms with Gasteiger partial charge >= 0.3 is 0 Å². The molecule has 3 aromatic rings. The Bertz CT molecular complexity index is 1000. The van der Waals surface area contributed by atoms with Gasteiger partial charge in [0.15, 0.2) is 0 Å². The van der Waals surface area contributed by atoms with Gasteiger partial charge in [0, 0.05) is 48.1 Å². The van der Waals surface area contributed by atoms with Crippen LogP contribution in [0.4, 0.5) is 0 Å². The molecule has 5 heteroatoms. The summed E-state index contributed by atoms with van der Waals surface area (Å²) in [5.74, 6) is 0.0261. The maximum atomic E-state index is 13.2. The largest absolute Gasteiger partial charge is 0.348 e.